The second-order valence-corrected chi connectivity index (χ2v) is 9.41. The molecule has 3 aromatic carbocycles. The van der Waals surface area contributed by atoms with E-state index in [2.05, 4.69) is 113 Å². The van der Waals surface area contributed by atoms with Gasteiger partial charge in [0.2, 0.25) is 0 Å². The Labute approximate surface area is 174 Å². The summed E-state index contributed by atoms with van der Waals surface area (Å²) in [7, 11) is 0. The Hall–Kier alpha value is -2.86. The molecule has 144 valence electrons. The van der Waals surface area contributed by atoms with Crippen molar-refractivity contribution in [1.82, 2.24) is 0 Å². The van der Waals surface area contributed by atoms with Gasteiger partial charge in [-0.15, -0.1) is 0 Å². The third-order valence-electron chi connectivity index (χ3n) is 6.95. The lowest BCUT2D eigenvalue weighted by molar-refractivity contribution is 0.571. The van der Waals surface area contributed by atoms with E-state index in [-0.39, 0.29) is 10.8 Å². The molecule has 0 nitrogen and oxygen atoms in total. The van der Waals surface area contributed by atoms with E-state index >= 15 is 0 Å². The molecule has 0 heteroatoms. The van der Waals surface area contributed by atoms with Crippen molar-refractivity contribution in [3.8, 4) is 11.1 Å². The van der Waals surface area contributed by atoms with Gasteiger partial charge in [-0.1, -0.05) is 111 Å². The van der Waals surface area contributed by atoms with Gasteiger partial charge in [0.05, 0.1) is 0 Å². The van der Waals surface area contributed by atoms with Crippen LogP contribution >= 0.6 is 0 Å². The zero-order valence-corrected chi connectivity index (χ0v) is 17.8. The monoisotopic (exact) mass is 376 g/mol. The number of aryl methyl sites for hydroxylation is 1. The third-order valence-corrected chi connectivity index (χ3v) is 6.95. The van der Waals surface area contributed by atoms with Crippen molar-refractivity contribution in [2.24, 2.45) is 0 Å². The minimum atomic E-state index is 0.0302. The van der Waals surface area contributed by atoms with Gasteiger partial charge in [-0.05, 0) is 52.3 Å². The SMILES string of the molecule is Cc1ccc2c(c1)C(C)(C)C1=CC(C)(c3ccc(-c4ccccc4)cc3)CC=C12. The minimum Gasteiger partial charge on any atom is -0.0752 e. The lowest BCUT2D eigenvalue weighted by Gasteiger charge is -2.34. The number of fused-ring (bicyclic) bond motifs is 3. The zero-order valence-electron chi connectivity index (χ0n) is 17.8. The van der Waals surface area contributed by atoms with Crippen molar-refractivity contribution in [3.63, 3.8) is 0 Å². The quantitative estimate of drug-likeness (QED) is 0.431. The second-order valence-electron chi connectivity index (χ2n) is 9.41. The first-order chi connectivity index (χ1) is 13.9. The van der Waals surface area contributed by atoms with Gasteiger partial charge < -0.3 is 0 Å². The minimum absolute atomic E-state index is 0.0302. The van der Waals surface area contributed by atoms with Crippen LogP contribution in [0.1, 0.15) is 49.4 Å². The maximum Gasteiger partial charge on any atom is 0.0156 e. The number of benzene rings is 3. The summed E-state index contributed by atoms with van der Waals surface area (Å²) in [5.41, 5.74) is 11.2. The highest BCUT2D eigenvalue weighted by atomic mass is 14.4. The van der Waals surface area contributed by atoms with Gasteiger partial charge in [0, 0.05) is 10.8 Å². The van der Waals surface area contributed by atoms with Gasteiger partial charge in [0.15, 0.2) is 0 Å². The first-order valence-electron chi connectivity index (χ1n) is 10.6. The average molecular weight is 377 g/mol. The lowest BCUT2D eigenvalue weighted by Crippen LogP contribution is -2.25. The van der Waals surface area contributed by atoms with E-state index in [4.69, 9.17) is 0 Å². The van der Waals surface area contributed by atoms with Gasteiger partial charge in [-0.2, -0.15) is 0 Å². The molecule has 0 spiro atoms. The highest BCUT2D eigenvalue weighted by molar-refractivity contribution is 5.91. The summed E-state index contributed by atoms with van der Waals surface area (Å²) in [6.45, 7) is 9.33. The lowest BCUT2D eigenvalue weighted by atomic mass is 9.70. The molecule has 2 aliphatic carbocycles. The van der Waals surface area contributed by atoms with Crippen LogP contribution in [-0.4, -0.2) is 0 Å². The molecule has 0 radical (unpaired) electrons. The molecule has 0 aliphatic heterocycles. The summed E-state index contributed by atoms with van der Waals surface area (Å²) >= 11 is 0. The molecule has 2 aliphatic rings. The molecule has 0 heterocycles. The summed E-state index contributed by atoms with van der Waals surface area (Å²) in [4.78, 5) is 0. The van der Waals surface area contributed by atoms with Crippen LogP contribution in [0.3, 0.4) is 0 Å². The van der Waals surface area contributed by atoms with Crippen LogP contribution in [0, 0.1) is 6.92 Å². The van der Waals surface area contributed by atoms with Crippen LogP contribution < -0.4 is 0 Å². The van der Waals surface area contributed by atoms with Crippen LogP contribution in [0.5, 0.6) is 0 Å². The molecule has 0 amide bonds. The van der Waals surface area contributed by atoms with Crippen LogP contribution in [-0.2, 0) is 10.8 Å². The van der Waals surface area contributed by atoms with E-state index in [1.54, 1.807) is 0 Å². The standard InChI is InChI=1S/C29H28/c1-20-10-15-24-25-16-17-29(4,19-27(25)28(2,3)26(24)18-20)23-13-11-22(12-14-23)21-8-6-5-7-9-21/h5-16,18-19H,17H2,1-4H3. The van der Waals surface area contributed by atoms with Gasteiger partial charge in [0.1, 0.15) is 0 Å². The van der Waals surface area contributed by atoms with E-state index in [0.717, 1.165) is 6.42 Å². The highest BCUT2D eigenvalue weighted by Gasteiger charge is 2.42. The van der Waals surface area contributed by atoms with Crippen molar-refractivity contribution in [2.75, 3.05) is 0 Å². The molecule has 3 aromatic rings. The van der Waals surface area contributed by atoms with E-state index in [0.29, 0.717) is 0 Å². The summed E-state index contributed by atoms with van der Waals surface area (Å²) in [5, 5.41) is 0. The Bertz CT molecular complexity index is 1140. The molecule has 1 unspecified atom stereocenters. The van der Waals surface area contributed by atoms with Gasteiger partial charge in [-0.25, -0.2) is 0 Å². The maximum absolute atomic E-state index is 2.55. The molecular formula is C29H28. The van der Waals surface area contributed by atoms with Crippen molar-refractivity contribution in [1.29, 1.82) is 0 Å². The molecule has 5 rings (SSSR count). The van der Waals surface area contributed by atoms with Gasteiger partial charge in [-0.3, -0.25) is 0 Å². The Morgan fingerprint density at radius 3 is 2.17 bits per heavy atom. The van der Waals surface area contributed by atoms with Crippen molar-refractivity contribution in [3.05, 3.63) is 113 Å². The van der Waals surface area contributed by atoms with Crippen molar-refractivity contribution >= 4 is 5.57 Å². The van der Waals surface area contributed by atoms with Crippen LogP contribution in [0.4, 0.5) is 0 Å². The molecule has 29 heavy (non-hydrogen) atoms. The molecule has 0 aromatic heterocycles. The van der Waals surface area contributed by atoms with Crippen LogP contribution in [0.2, 0.25) is 0 Å². The fourth-order valence-corrected chi connectivity index (χ4v) is 5.08. The third kappa shape index (κ3) is 2.82. The predicted molar refractivity (Wildman–Crippen MR) is 124 cm³/mol. The molecule has 0 N–H and O–H groups in total. The fraction of sp³-hybridized carbons (Fsp3) is 0.241. The van der Waals surface area contributed by atoms with E-state index in [1.165, 1.54) is 44.5 Å². The number of hydrogen-bond donors (Lipinski definition) is 0. The topological polar surface area (TPSA) is 0 Å². The zero-order chi connectivity index (χ0) is 20.2. The molecular weight excluding hydrogens is 348 g/mol. The Morgan fingerprint density at radius 2 is 1.45 bits per heavy atom. The van der Waals surface area contributed by atoms with Crippen LogP contribution in [0.15, 0.2) is 90.5 Å². The predicted octanol–water partition coefficient (Wildman–Crippen LogP) is 7.62. The van der Waals surface area contributed by atoms with E-state index < -0.39 is 0 Å². The molecule has 0 bridgehead atoms. The number of allylic oxidation sites excluding steroid dienone is 4. The molecule has 1 atom stereocenters. The Morgan fingerprint density at radius 1 is 0.759 bits per heavy atom. The largest absolute Gasteiger partial charge is 0.0752 e. The first-order valence-corrected chi connectivity index (χ1v) is 10.6. The summed E-state index contributed by atoms with van der Waals surface area (Å²) in [6, 6.07) is 26.7. The van der Waals surface area contributed by atoms with Gasteiger partial charge in [0.25, 0.3) is 0 Å². The molecule has 0 saturated carbocycles. The summed E-state index contributed by atoms with van der Waals surface area (Å²) < 4.78 is 0. The average Bonchev–Trinajstić information content (AvgIpc) is 2.95. The van der Waals surface area contributed by atoms with E-state index in [9.17, 15) is 0 Å². The molecule has 0 saturated heterocycles. The molecule has 0 fully saturated rings. The van der Waals surface area contributed by atoms with E-state index in [1.807, 2.05) is 0 Å². The normalized spacial score (nSPS) is 21.8. The summed E-state index contributed by atoms with van der Waals surface area (Å²) in [6.07, 6.45) is 6.07. The van der Waals surface area contributed by atoms with Gasteiger partial charge >= 0.3 is 0 Å². The fourth-order valence-electron chi connectivity index (χ4n) is 5.08. The number of rotatable bonds is 2. The van der Waals surface area contributed by atoms with Crippen molar-refractivity contribution in [2.45, 2.75) is 44.9 Å². The van der Waals surface area contributed by atoms with Crippen molar-refractivity contribution < 1.29 is 0 Å². The highest BCUT2D eigenvalue weighted by Crippen LogP contribution is 2.54. The maximum atomic E-state index is 2.55. The second kappa shape index (κ2) is 6.32. The van der Waals surface area contributed by atoms with Crippen LogP contribution in [0.25, 0.3) is 16.7 Å². The Balaban J connectivity index is 1.54. The first kappa shape index (κ1) is 18.2. The number of hydrogen-bond acceptors (Lipinski definition) is 0. The smallest absolute Gasteiger partial charge is 0.0156 e. The summed E-state index contributed by atoms with van der Waals surface area (Å²) in [5.74, 6) is 0. The Kier molecular flexibility index (Phi) is 3.96.